The first-order chi connectivity index (χ1) is 6.34. The highest BCUT2D eigenvalue weighted by Crippen LogP contribution is 2.09. The van der Waals surface area contributed by atoms with Crippen LogP contribution in [0.5, 0.6) is 0 Å². The Morgan fingerprint density at radius 2 is 2.08 bits per heavy atom. The fraction of sp³-hybridized carbons (Fsp3) is 0.167. The Kier molecular flexibility index (Phi) is 2.17. The topological polar surface area (TPSA) is 15.8 Å². The van der Waals surface area contributed by atoms with Crippen LogP contribution in [0.1, 0.15) is 16.8 Å². The van der Waals surface area contributed by atoms with Gasteiger partial charge >= 0.3 is 0 Å². The molecule has 0 aliphatic rings. The van der Waals surface area contributed by atoms with Crippen molar-refractivity contribution in [2.75, 3.05) is 0 Å². The number of nitrogens with one attached hydrogen (secondary N) is 1. The van der Waals surface area contributed by atoms with Crippen molar-refractivity contribution < 1.29 is 0 Å². The van der Waals surface area contributed by atoms with Gasteiger partial charge in [-0.25, -0.2) is 0 Å². The predicted molar refractivity (Wildman–Crippen MR) is 54.8 cm³/mol. The molecule has 1 nitrogen and oxygen atoms in total. The van der Waals surface area contributed by atoms with Gasteiger partial charge in [-0.1, -0.05) is 29.8 Å². The summed E-state index contributed by atoms with van der Waals surface area (Å²) in [5.74, 6) is 0. The van der Waals surface area contributed by atoms with Crippen LogP contribution >= 0.6 is 0 Å². The van der Waals surface area contributed by atoms with Gasteiger partial charge in [0.05, 0.1) is 0 Å². The maximum Gasteiger partial charge on any atom is 0.0191 e. The van der Waals surface area contributed by atoms with Crippen LogP contribution in [0, 0.1) is 6.92 Å². The zero-order chi connectivity index (χ0) is 9.10. The molecule has 0 aliphatic carbocycles. The standard InChI is InChI=1S/C12H13N/c1-10-4-2-5-11(8-10)9-12-6-3-7-13-12/h2-8,13H,9H2,1H3. The second-order valence-electron chi connectivity index (χ2n) is 3.36. The van der Waals surface area contributed by atoms with E-state index < -0.39 is 0 Å². The van der Waals surface area contributed by atoms with Gasteiger partial charge in [-0.05, 0) is 24.6 Å². The van der Waals surface area contributed by atoms with E-state index >= 15 is 0 Å². The molecule has 1 aromatic carbocycles. The second-order valence-corrected chi connectivity index (χ2v) is 3.36. The van der Waals surface area contributed by atoms with Crippen LogP contribution in [0.3, 0.4) is 0 Å². The maximum atomic E-state index is 3.21. The number of aromatic nitrogens is 1. The van der Waals surface area contributed by atoms with E-state index in [0.29, 0.717) is 0 Å². The molecule has 0 saturated heterocycles. The summed E-state index contributed by atoms with van der Waals surface area (Å²) in [6.07, 6.45) is 2.96. The zero-order valence-corrected chi connectivity index (χ0v) is 7.75. The SMILES string of the molecule is Cc1cccc(Cc2ccc[nH]2)c1. The van der Waals surface area contributed by atoms with Gasteiger partial charge in [0.25, 0.3) is 0 Å². The maximum absolute atomic E-state index is 3.21. The average molecular weight is 171 g/mol. The summed E-state index contributed by atoms with van der Waals surface area (Å²) in [5, 5.41) is 0. The minimum Gasteiger partial charge on any atom is -0.365 e. The Morgan fingerprint density at radius 3 is 2.77 bits per heavy atom. The van der Waals surface area contributed by atoms with Gasteiger partial charge in [0.1, 0.15) is 0 Å². The van der Waals surface area contributed by atoms with Crippen molar-refractivity contribution in [3.63, 3.8) is 0 Å². The van der Waals surface area contributed by atoms with Gasteiger partial charge in [0.2, 0.25) is 0 Å². The third-order valence-corrected chi connectivity index (χ3v) is 2.14. The Balaban J connectivity index is 2.19. The Morgan fingerprint density at radius 1 is 1.15 bits per heavy atom. The lowest BCUT2D eigenvalue weighted by Gasteiger charge is -2.00. The fourth-order valence-electron chi connectivity index (χ4n) is 1.52. The van der Waals surface area contributed by atoms with Crippen molar-refractivity contribution in [2.24, 2.45) is 0 Å². The minimum atomic E-state index is 0.995. The second kappa shape index (κ2) is 3.48. The molecule has 0 atom stereocenters. The Hall–Kier alpha value is -1.50. The van der Waals surface area contributed by atoms with Crippen molar-refractivity contribution in [1.29, 1.82) is 0 Å². The number of hydrogen-bond donors (Lipinski definition) is 1. The van der Waals surface area contributed by atoms with Gasteiger partial charge < -0.3 is 4.98 Å². The van der Waals surface area contributed by atoms with Crippen LogP contribution < -0.4 is 0 Å². The lowest BCUT2D eigenvalue weighted by Crippen LogP contribution is -1.87. The van der Waals surface area contributed by atoms with E-state index in [4.69, 9.17) is 0 Å². The number of hydrogen-bond acceptors (Lipinski definition) is 0. The Bertz CT molecular complexity index is 374. The van der Waals surface area contributed by atoms with Crippen LogP contribution in [-0.2, 0) is 6.42 Å². The molecule has 0 saturated carbocycles. The van der Waals surface area contributed by atoms with Crippen molar-refractivity contribution in [1.82, 2.24) is 4.98 Å². The summed E-state index contributed by atoms with van der Waals surface area (Å²) in [6.45, 7) is 2.12. The third-order valence-electron chi connectivity index (χ3n) is 2.14. The van der Waals surface area contributed by atoms with Gasteiger partial charge in [-0.2, -0.15) is 0 Å². The minimum absolute atomic E-state index is 0.995. The first-order valence-electron chi connectivity index (χ1n) is 4.52. The first kappa shape index (κ1) is 8.11. The molecule has 1 heteroatoms. The lowest BCUT2D eigenvalue weighted by atomic mass is 10.1. The molecular formula is C12H13N. The summed E-state index contributed by atoms with van der Waals surface area (Å²) >= 11 is 0. The van der Waals surface area contributed by atoms with Gasteiger partial charge in [0, 0.05) is 18.3 Å². The number of aromatic amines is 1. The van der Waals surface area contributed by atoms with E-state index in [-0.39, 0.29) is 0 Å². The van der Waals surface area contributed by atoms with Crippen molar-refractivity contribution in [2.45, 2.75) is 13.3 Å². The van der Waals surface area contributed by atoms with Crippen LogP contribution in [0.2, 0.25) is 0 Å². The van der Waals surface area contributed by atoms with Gasteiger partial charge in [-0.15, -0.1) is 0 Å². The van der Waals surface area contributed by atoms with Crippen LogP contribution in [0.15, 0.2) is 42.6 Å². The molecule has 13 heavy (non-hydrogen) atoms. The molecule has 0 aliphatic heterocycles. The lowest BCUT2D eigenvalue weighted by molar-refractivity contribution is 1.10. The van der Waals surface area contributed by atoms with Crippen molar-refractivity contribution >= 4 is 0 Å². The number of aryl methyl sites for hydroxylation is 1. The largest absolute Gasteiger partial charge is 0.365 e. The van der Waals surface area contributed by atoms with Gasteiger partial charge in [-0.3, -0.25) is 0 Å². The summed E-state index contributed by atoms with van der Waals surface area (Å²) in [7, 11) is 0. The molecule has 1 N–H and O–H groups in total. The molecule has 0 fully saturated rings. The molecule has 1 aromatic heterocycles. The van der Waals surface area contributed by atoms with E-state index in [1.807, 2.05) is 12.3 Å². The summed E-state index contributed by atoms with van der Waals surface area (Å²) < 4.78 is 0. The molecular weight excluding hydrogens is 158 g/mol. The molecule has 2 rings (SSSR count). The first-order valence-corrected chi connectivity index (χ1v) is 4.52. The van der Waals surface area contributed by atoms with E-state index in [2.05, 4.69) is 42.2 Å². The molecule has 2 aromatic rings. The number of benzene rings is 1. The van der Waals surface area contributed by atoms with E-state index in [1.165, 1.54) is 16.8 Å². The molecule has 0 radical (unpaired) electrons. The molecule has 66 valence electrons. The van der Waals surface area contributed by atoms with Crippen LogP contribution in [0.25, 0.3) is 0 Å². The highest BCUT2D eigenvalue weighted by molar-refractivity contribution is 5.26. The molecule has 0 spiro atoms. The molecule has 0 bridgehead atoms. The van der Waals surface area contributed by atoms with E-state index in [9.17, 15) is 0 Å². The van der Waals surface area contributed by atoms with E-state index in [0.717, 1.165) is 6.42 Å². The monoisotopic (exact) mass is 171 g/mol. The quantitative estimate of drug-likeness (QED) is 0.715. The number of rotatable bonds is 2. The smallest absolute Gasteiger partial charge is 0.0191 e. The zero-order valence-electron chi connectivity index (χ0n) is 7.75. The summed E-state index contributed by atoms with van der Waals surface area (Å²) in [5.41, 5.74) is 3.96. The van der Waals surface area contributed by atoms with E-state index in [1.54, 1.807) is 0 Å². The van der Waals surface area contributed by atoms with Crippen LogP contribution in [-0.4, -0.2) is 4.98 Å². The third kappa shape index (κ3) is 2.00. The normalized spacial score (nSPS) is 10.2. The predicted octanol–water partition coefficient (Wildman–Crippen LogP) is 2.91. The average Bonchev–Trinajstić information content (AvgIpc) is 2.57. The summed E-state index contributed by atoms with van der Waals surface area (Å²) in [6, 6.07) is 12.8. The molecule has 1 heterocycles. The van der Waals surface area contributed by atoms with Crippen LogP contribution in [0.4, 0.5) is 0 Å². The highest BCUT2D eigenvalue weighted by atomic mass is 14.7. The highest BCUT2D eigenvalue weighted by Gasteiger charge is 1.95. The Labute approximate surface area is 78.4 Å². The van der Waals surface area contributed by atoms with Crippen molar-refractivity contribution in [3.05, 3.63) is 59.4 Å². The van der Waals surface area contributed by atoms with Gasteiger partial charge in [0.15, 0.2) is 0 Å². The molecule has 0 unspecified atom stereocenters. The molecule has 0 amide bonds. The number of H-pyrrole nitrogens is 1. The fourth-order valence-corrected chi connectivity index (χ4v) is 1.52. The summed E-state index contributed by atoms with van der Waals surface area (Å²) in [4.78, 5) is 3.21. The van der Waals surface area contributed by atoms with Crippen molar-refractivity contribution in [3.8, 4) is 0 Å².